The van der Waals surface area contributed by atoms with E-state index in [1.165, 1.54) is 38.5 Å². The molecule has 0 radical (unpaired) electrons. The van der Waals surface area contributed by atoms with E-state index in [0.29, 0.717) is 27.9 Å². The van der Waals surface area contributed by atoms with Crippen molar-refractivity contribution in [3.63, 3.8) is 0 Å². The van der Waals surface area contributed by atoms with Gasteiger partial charge in [0.05, 0.1) is 29.9 Å². The molecule has 26 heavy (non-hydrogen) atoms. The number of amides is 1. The monoisotopic (exact) mass is 400 g/mol. The summed E-state index contributed by atoms with van der Waals surface area (Å²) in [5, 5.41) is 13.2. The van der Waals surface area contributed by atoms with Gasteiger partial charge in [-0.3, -0.25) is 14.9 Å². The van der Waals surface area contributed by atoms with Gasteiger partial charge in [0.25, 0.3) is 5.91 Å². The number of thiophene rings is 1. The lowest BCUT2D eigenvalue weighted by atomic mass is 10.2. The SMILES string of the molecule is COc1cc(NC(=O)COC(=O)c2ccc([N+](=O)[O-])s2)c(OC)cc1Cl. The zero-order chi connectivity index (χ0) is 19.3. The highest BCUT2D eigenvalue weighted by atomic mass is 35.5. The first-order valence-corrected chi connectivity index (χ1v) is 8.18. The molecule has 9 nitrogen and oxygen atoms in total. The molecular formula is C15H13ClN2O7S. The van der Waals surface area contributed by atoms with Crippen LogP contribution in [0.2, 0.25) is 5.02 Å². The van der Waals surface area contributed by atoms with Crippen LogP contribution in [0, 0.1) is 10.1 Å². The fraction of sp³-hybridized carbons (Fsp3) is 0.200. The zero-order valence-corrected chi connectivity index (χ0v) is 15.2. The Morgan fingerprint density at radius 3 is 2.50 bits per heavy atom. The lowest BCUT2D eigenvalue weighted by Gasteiger charge is -2.13. The van der Waals surface area contributed by atoms with E-state index in [1.807, 2.05) is 0 Å². The normalized spacial score (nSPS) is 10.1. The van der Waals surface area contributed by atoms with Crippen LogP contribution in [0.5, 0.6) is 11.5 Å². The van der Waals surface area contributed by atoms with Gasteiger partial charge in [0, 0.05) is 18.2 Å². The Labute approximate surface area is 156 Å². The molecule has 0 aliphatic carbocycles. The van der Waals surface area contributed by atoms with Gasteiger partial charge in [-0.05, 0) is 6.07 Å². The number of nitrogens with one attached hydrogen (secondary N) is 1. The van der Waals surface area contributed by atoms with E-state index in [0.717, 1.165) is 0 Å². The summed E-state index contributed by atoms with van der Waals surface area (Å²) in [6.07, 6.45) is 0. The van der Waals surface area contributed by atoms with Gasteiger partial charge in [-0.1, -0.05) is 22.9 Å². The maximum Gasteiger partial charge on any atom is 0.349 e. The largest absolute Gasteiger partial charge is 0.495 e. The Balaban J connectivity index is 2.00. The lowest BCUT2D eigenvalue weighted by molar-refractivity contribution is -0.380. The van der Waals surface area contributed by atoms with Crippen molar-refractivity contribution in [2.45, 2.75) is 0 Å². The van der Waals surface area contributed by atoms with Crippen molar-refractivity contribution in [1.29, 1.82) is 0 Å². The van der Waals surface area contributed by atoms with Gasteiger partial charge in [0.15, 0.2) is 6.61 Å². The van der Waals surface area contributed by atoms with Gasteiger partial charge in [-0.15, -0.1) is 0 Å². The van der Waals surface area contributed by atoms with E-state index in [1.54, 1.807) is 0 Å². The van der Waals surface area contributed by atoms with Crippen LogP contribution >= 0.6 is 22.9 Å². The van der Waals surface area contributed by atoms with Crippen LogP contribution in [0.3, 0.4) is 0 Å². The molecule has 0 aliphatic rings. The fourth-order valence-electron chi connectivity index (χ4n) is 1.88. The van der Waals surface area contributed by atoms with E-state index < -0.39 is 23.4 Å². The summed E-state index contributed by atoms with van der Waals surface area (Å²) in [5.74, 6) is -0.846. The summed E-state index contributed by atoms with van der Waals surface area (Å²) >= 11 is 6.64. The number of nitro groups is 1. The third-order valence-electron chi connectivity index (χ3n) is 3.06. The molecule has 2 rings (SSSR count). The standard InChI is InChI=1S/C15H13ClN2O7S/c1-23-10-6-9(11(24-2)5-8(10)16)17-13(19)7-25-15(20)12-3-4-14(26-12)18(21)22/h3-6H,7H2,1-2H3,(H,17,19). The Morgan fingerprint density at radius 2 is 1.92 bits per heavy atom. The summed E-state index contributed by atoms with van der Waals surface area (Å²) in [6.45, 7) is -0.585. The summed E-state index contributed by atoms with van der Waals surface area (Å²) in [6, 6.07) is 5.37. The van der Waals surface area contributed by atoms with E-state index >= 15 is 0 Å². The first-order valence-electron chi connectivity index (χ1n) is 6.98. The fourth-order valence-corrected chi connectivity index (χ4v) is 2.83. The topological polar surface area (TPSA) is 117 Å². The zero-order valence-electron chi connectivity index (χ0n) is 13.6. The lowest BCUT2D eigenvalue weighted by Crippen LogP contribution is -2.21. The first-order chi connectivity index (χ1) is 12.3. The average Bonchev–Trinajstić information content (AvgIpc) is 3.11. The minimum atomic E-state index is -0.834. The van der Waals surface area contributed by atoms with Gasteiger partial charge in [0.2, 0.25) is 0 Å². The number of halogens is 1. The molecule has 0 saturated carbocycles. The summed E-state index contributed by atoms with van der Waals surface area (Å²) < 4.78 is 15.0. The smallest absolute Gasteiger partial charge is 0.349 e. The molecule has 1 aromatic heterocycles. The third-order valence-corrected chi connectivity index (χ3v) is 4.37. The number of hydrogen-bond acceptors (Lipinski definition) is 8. The molecule has 0 saturated heterocycles. The van der Waals surface area contributed by atoms with Crippen molar-refractivity contribution < 1.29 is 28.7 Å². The molecule has 0 aliphatic heterocycles. The average molecular weight is 401 g/mol. The number of carbonyl (C=O) groups is 2. The van der Waals surface area contributed by atoms with Crippen LogP contribution in [0.4, 0.5) is 10.7 Å². The van der Waals surface area contributed by atoms with Crippen LogP contribution in [-0.2, 0) is 9.53 Å². The van der Waals surface area contributed by atoms with Crippen LogP contribution in [0.1, 0.15) is 9.67 Å². The van der Waals surface area contributed by atoms with Crippen molar-refractivity contribution in [3.05, 3.63) is 44.3 Å². The molecule has 138 valence electrons. The van der Waals surface area contributed by atoms with Gasteiger partial charge < -0.3 is 19.5 Å². The minimum Gasteiger partial charge on any atom is -0.495 e. The third kappa shape index (κ3) is 4.61. The summed E-state index contributed by atoms with van der Waals surface area (Å²) in [4.78, 5) is 33.8. The Bertz CT molecular complexity index is 853. The van der Waals surface area contributed by atoms with E-state index in [-0.39, 0.29) is 15.6 Å². The number of benzene rings is 1. The molecule has 1 aromatic carbocycles. The second-order valence-electron chi connectivity index (χ2n) is 4.71. The number of methoxy groups -OCH3 is 2. The van der Waals surface area contributed by atoms with Crippen LogP contribution in [-0.4, -0.2) is 37.6 Å². The Morgan fingerprint density at radius 1 is 1.23 bits per heavy atom. The maximum atomic E-state index is 12.0. The molecule has 0 atom stereocenters. The highest BCUT2D eigenvalue weighted by molar-refractivity contribution is 7.17. The number of esters is 1. The van der Waals surface area contributed by atoms with Crippen molar-refractivity contribution in [3.8, 4) is 11.5 Å². The summed E-state index contributed by atoms with van der Waals surface area (Å²) in [5.41, 5.74) is 0.279. The van der Waals surface area contributed by atoms with E-state index in [4.69, 9.17) is 25.8 Å². The van der Waals surface area contributed by atoms with Crippen LogP contribution in [0.25, 0.3) is 0 Å². The predicted molar refractivity (Wildman–Crippen MR) is 94.4 cm³/mol. The molecule has 0 unspecified atom stereocenters. The molecule has 1 heterocycles. The van der Waals surface area contributed by atoms with E-state index in [9.17, 15) is 19.7 Å². The highest BCUT2D eigenvalue weighted by Gasteiger charge is 2.18. The van der Waals surface area contributed by atoms with Crippen molar-refractivity contribution in [1.82, 2.24) is 0 Å². The molecular weight excluding hydrogens is 388 g/mol. The number of rotatable bonds is 7. The number of hydrogen-bond donors (Lipinski definition) is 1. The van der Waals surface area contributed by atoms with E-state index in [2.05, 4.69) is 5.32 Å². The molecule has 0 bridgehead atoms. The Hall–Kier alpha value is -2.85. The first kappa shape index (κ1) is 19.5. The molecule has 11 heteroatoms. The molecule has 1 N–H and O–H groups in total. The van der Waals surface area contributed by atoms with Crippen molar-refractivity contribution >= 4 is 45.5 Å². The van der Waals surface area contributed by atoms with Crippen molar-refractivity contribution in [2.24, 2.45) is 0 Å². The molecule has 0 fully saturated rings. The quantitative estimate of drug-likeness (QED) is 0.431. The number of carbonyl (C=O) groups excluding carboxylic acids is 2. The van der Waals surface area contributed by atoms with Crippen LogP contribution in [0.15, 0.2) is 24.3 Å². The molecule has 2 aromatic rings. The second kappa shape index (κ2) is 8.50. The second-order valence-corrected chi connectivity index (χ2v) is 6.18. The van der Waals surface area contributed by atoms with Crippen molar-refractivity contribution in [2.75, 3.05) is 26.1 Å². The number of anilines is 1. The molecule has 1 amide bonds. The van der Waals surface area contributed by atoms with Crippen LogP contribution < -0.4 is 14.8 Å². The highest BCUT2D eigenvalue weighted by Crippen LogP contribution is 2.35. The Kier molecular flexibility index (Phi) is 6.36. The van der Waals surface area contributed by atoms with Gasteiger partial charge in [-0.25, -0.2) is 4.79 Å². The number of ether oxygens (including phenoxy) is 3. The number of nitrogens with zero attached hydrogens (tertiary/aromatic N) is 1. The van der Waals surface area contributed by atoms with Gasteiger partial charge in [0.1, 0.15) is 16.4 Å². The molecule has 0 spiro atoms. The van der Waals surface area contributed by atoms with Gasteiger partial charge in [-0.2, -0.15) is 0 Å². The maximum absolute atomic E-state index is 12.0. The predicted octanol–water partition coefficient (Wildman–Crippen LogP) is 3.12. The summed E-state index contributed by atoms with van der Waals surface area (Å²) in [7, 11) is 2.82. The van der Waals surface area contributed by atoms with Gasteiger partial charge >= 0.3 is 11.0 Å². The minimum absolute atomic E-state index is 0.0234.